The molecule has 0 radical (unpaired) electrons. The third-order valence-electron chi connectivity index (χ3n) is 4.18. The molecule has 2 heterocycles. The van der Waals surface area contributed by atoms with Gasteiger partial charge in [0.1, 0.15) is 17.4 Å². The first-order chi connectivity index (χ1) is 9.84. The van der Waals surface area contributed by atoms with Crippen molar-refractivity contribution in [3.8, 4) is 5.75 Å². The van der Waals surface area contributed by atoms with Gasteiger partial charge in [-0.1, -0.05) is 12.1 Å². The van der Waals surface area contributed by atoms with E-state index in [0.717, 1.165) is 17.7 Å². The van der Waals surface area contributed by atoms with Gasteiger partial charge in [-0.3, -0.25) is 9.69 Å². The van der Waals surface area contributed by atoms with E-state index in [9.17, 15) is 15.0 Å². The Labute approximate surface area is 124 Å². The number of carboxylic acid groups (broad SMARTS) is 1. The van der Waals surface area contributed by atoms with Crippen molar-refractivity contribution in [1.82, 2.24) is 4.90 Å². The smallest absolute Gasteiger partial charge is 0.321 e. The van der Waals surface area contributed by atoms with Crippen LogP contribution in [0, 0.1) is 0 Å². The van der Waals surface area contributed by atoms with Gasteiger partial charge in [-0.05, 0) is 31.0 Å². The molecule has 0 aromatic heterocycles. The number of aliphatic carboxylic acids is 1. The second kappa shape index (κ2) is 5.00. The Morgan fingerprint density at radius 3 is 2.95 bits per heavy atom. The number of nitrogens with zero attached hydrogens (tertiary/aromatic N) is 1. The Morgan fingerprint density at radius 1 is 1.48 bits per heavy atom. The summed E-state index contributed by atoms with van der Waals surface area (Å²) in [6.07, 6.45) is 0.611. The maximum absolute atomic E-state index is 11.2. The van der Waals surface area contributed by atoms with Crippen molar-refractivity contribution in [2.45, 2.75) is 51.0 Å². The van der Waals surface area contributed by atoms with Gasteiger partial charge in [0.15, 0.2) is 0 Å². The van der Waals surface area contributed by atoms with Crippen molar-refractivity contribution in [3.05, 3.63) is 29.3 Å². The summed E-state index contributed by atoms with van der Waals surface area (Å²) in [5, 5.41) is 18.9. The second-order valence-corrected chi connectivity index (χ2v) is 6.65. The van der Waals surface area contributed by atoms with Gasteiger partial charge in [-0.25, -0.2) is 0 Å². The van der Waals surface area contributed by atoms with Gasteiger partial charge < -0.3 is 14.9 Å². The molecule has 5 heteroatoms. The van der Waals surface area contributed by atoms with E-state index >= 15 is 0 Å². The highest BCUT2D eigenvalue weighted by molar-refractivity contribution is 5.74. The summed E-state index contributed by atoms with van der Waals surface area (Å²) >= 11 is 0. The molecular weight excluding hydrogens is 270 g/mol. The number of hydrogen-bond acceptors (Lipinski definition) is 4. The van der Waals surface area contributed by atoms with Gasteiger partial charge in [0, 0.05) is 25.9 Å². The van der Waals surface area contributed by atoms with E-state index in [1.165, 1.54) is 5.56 Å². The summed E-state index contributed by atoms with van der Waals surface area (Å²) in [5.74, 6) is 0.0529. The third-order valence-corrected chi connectivity index (χ3v) is 4.18. The monoisotopic (exact) mass is 291 g/mol. The van der Waals surface area contributed by atoms with Gasteiger partial charge >= 0.3 is 5.97 Å². The fraction of sp³-hybridized carbons (Fsp3) is 0.562. The van der Waals surface area contributed by atoms with Crippen molar-refractivity contribution in [2.24, 2.45) is 0 Å². The standard InChI is InChI=1S/C16H21NO4/c1-16(2)7-11-5-10(3-4-14(11)21-16)8-17-9-12(18)6-13(17)15(19)20/h3-5,12-13,18H,6-9H2,1-2H3,(H,19,20)/t12-,13+/m1/s1. The molecule has 1 saturated heterocycles. The van der Waals surface area contributed by atoms with Crippen LogP contribution in [-0.4, -0.2) is 45.4 Å². The molecule has 1 fully saturated rings. The molecule has 1 aromatic carbocycles. The lowest BCUT2D eigenvalue weighted by Gasteiger charge is -2.20. The SMILES string of the molecule is CC1(C)Cc2cc(CN3C[C@H](O)C[C@H]3C(=O)O)ccc2O1. The number of hydrogen-bond donors (Lipinski definition) is 2. The van der Waals surface area contributed by atoms with Gasteiger partial charge in [-0.2, -0.15) is 0 Å². The van der Waals surface area contributed by atoms with Crippen molar-refractivity contribution in [2.75, 3.05) is 6.54 Å². The first-order valence-electron chi connectivity index (χ1n) is 7.30. The predicted octanol–water partition coefficient (Wildman–Crippen LogP) is 1.42. The Hall–Kier alpha value is -1.59. The molecule has 2 aliphatic rings. The summed E-state index contributed by atoms with van der Waals surface area (Å²) in [6.45, 7) is 5.08. The number of β-amino-alcohol motifs (C(OH)–C–C–N with tert-alkyl or cyclic N) is 1. The molecule has 0 amide bonds. The highest BCUT2D eigenvalue weighted by Gasteiger charge is 2.36. The number of fused-ring (bicyclic) bond motifs is 1. The van der Waals surface area contributed by atoms with Crippen LogP contribution in [0.2, 0.25) is 0 Å². The van der Waals surface area contributed by atoms with Crippen LogP contribution in [0.4, 0.5) is 0 Å². The first-order valence-corrected chi connectivity index (χ1v) is 7.30. The average Bonchev–Trinajstić information content (AvgIpc) is 2.87. The molecule has 0 aliphatic carbocycles. The van der Waals surface area contributed by atoms with E-state index in [-0.39, 0.29) is 5.60 Å². The third kappa shape index (κ3) is 2.89. The van der Waals surface area contributed by atoms with Gasteiger partial charge in [0.25, 0.3) is 0 Å². The summed E-state index contributed by atoms with van der Waals surface area (Å²) in [5.41, 5.74) is 2.06. The molecular formula is C16H21NO4. The van der Waals surface area contributed by atoms with Crippen molar-refractivity contribution in [3.63, 3.8) is 0 Å². The summed E-state index contributed by atoms with van der Waals surface area (Å²) in [7, 11) is 0. The highest BCUT2D eigenvalue weighted by atomic mass is 16.5. The Balaban J connectivity index is 1.76. The zero-order valence-electron chi connectivity index (χ0n) is 12.4. The molecule has 0 bridgehead atoms. The van der Waals surface area contributed by atoms with Gasteiger partial charge in [0.2, 0.25) is 0 Å². The molecule has 3 rings (SSSR count). The largest absolute Gasteiger partial charge is 0.487 e. The van der Waals surface area contributed by atoms with Crippen LogP contribution in [-0.2, 0) is 17.8 Å². The van der Waals surface area contributed by atoms with Crippen molar-refractivity contribution < 1.29 is 19.7 Å². The predicted molar refractivity (Wildman–Crippen MR) is 77.3 cm³/mol. The highest BCUT2D eigenvalue weighted by Crippen LogP contribution is 2.35. The van der Waals surface area contributed by atoms with Crippen LogP contribution in [0.15, 0.2) is 18.2 Å². The lowest BCUT2D eigenvalue weighted by molar-refractivity contribution is -0.142. The molecule has 114 valence electrons. The lowest BCUT2D eigenvalue weighted by atomic mass is 10.00. The summed E-state index contributed by atoms with van der Waals surface area (Å²) < 4.78 is 5.85. The average molecular weight is 291 g/mol. The first kappa shape index (κ1) is 14.4. The van der Waals surface area contributed by atoms with Gasteiger partial charge in [-0.15, -0.1) is 0 Å². The van der Waals surface area contributed by atoms with E-state index in [1.807, 2.05) is 17.0 Å². The fourth-order valence-electron chi connectivity index (χ4n) is 3.31. The molecule has 0 saturated carbocycles. The number of aliphatic hydroxyl groups is 1. The van der Waals surface area contributed by atoms with Crippen LogP contribution in [0.25, 0.3) is 0 Å². The summed E-state index contributed by atoms with van der Waals surface area (Å²) in [6, 6.07) is 5.43. The zero-order valence-corrected chi connectivity index (χ0v) is 12.4. The molecule has 2 atom stereocenters. The summed E-state index contributed by atoms with van der Waals surface area (Å²) in [4.78, 5) is 13.1. The maximum Gasteiger partial charge on any atom is 0.321 e. The Morgan fingerprint density at radius 2 is 2.24 bits per heavy atom. The minimum Gasteiger partial charge on any atom is -0.487 e. The van der Waals surface area contributed by atoms with E-state index in [0.29, 0.717) is 19.5 Å². The normalized spacial score (nSPS) is 27.4. The number of rotatable bonds is 3. The van der Waals surface area contributed by atoms with E-state index in [4.69, 9.17) is 4.74 Å². The molecule has 21 heavy (non-hydrogen) atoms. The Bertz CT molecular complexity index is 569. The minimum atomic E-state index is -0.864. The molecule has 2 aliphatic heterocycles. The number of likely N-dealkylation sites (tertiary alicyclic amines) is 1. The second-order valence-electron chi connectivity index (χ2n) is 6.65. The van der Waals surface area contributed by atoms with Crippen LogP contribution < -0.4 is 4.74 Å². The van der Waals surface area contributed by atoms with Crippen molar-refractivity contribution in [1.29, 1.82) is 0 Å². The topological polar surface area (TPSA) is 70.0 Å². The van der Waals surface area contributed by atoms with Crippen molar-refractivity contribution >= 4 is 5.97 Å². The van der Waals surface area contributed by atoms with Crippen LogP contribution in [0.3, 0.4) is 0 Å². The fourth-order valence-corrected chi connectivity index (χ4v) is 3.31. The van der Waals surface area contributed by atoms with E-state index in [1.54, 1.807) is 0 Å². The van der Waals surface area contributed by atoms with E-state index in [2.05, 4.69) is 19.9 Å². The number of benzene rings is 1. The molecule has 5 nitrogen and oxygen atoms in total. The number of carbonyl (C=O) groups is 1. The van der Waals surface area contributed by atoms with Crippen LogP contribution in [0.5, 0.6) is 5.75 Å². The lowest BCUT2D eigenvalue weighted by Crippen LogP contribution is -2.35. The number of ether oxygens (including phenoxy) is 1. The molecule has 2 N–H and O–H groups in total. The maximum atomic E-state index is 11.2. The number of aliphatic hydroxyl groups excluding tert-OH is 1. The van der Waals surface area contributed by atoms with Crippen LogP contribution in [0.1, 0.15) is 31.4 Å². The quantitative estimate of drug-likeness (QED) is 0.881. The molecule has 0 spiro atoms. The zero-order chi connectivity index (χ0) is 15.2. The van der Waals surface area contributed by atoms with E-state index < -0.39 is 18.1 Å². The Kier molecular flexibility index (Phi) is 3.42. The van der Waals surface area contributed by atoms with Crippen LogP contribution >= 0.6 is 0 Å². The van der Waals surface area contributed by atoms with Gasteiger partial charge in [0.05, 0.1) is 6.10 Å². The number of carboxylic acids is 1. The molecule has 1 aromatic rings. The molecule has 0 unspecified atom stereocenters. The minimum absolute atomic E-state index is 0.172.